The fraction of sp³-hybridized carbons (Fsp3) is 0.400. The molecule has 0 aliphatic carbocycles. The Morgan fingerprint density at radius 2 is 0.909 bits per heavy atom. The number of nitrogens with one attached hydrogen (secondary N) is 4. The van der Waals surface area contributed by atoms with Crippen LogP contribution in [-0.2, 0) is 0 Å². The number of aromatic hydroxyl groups is 1. The van der Waals surface area contributed by atoms with E-state index in [-0.39, 0.29) is 71.4 Å². The molecule has 0 aliphatic rings. The Bertz CT molecular complexity index is 1170. The molecule has 0 radical (unpaired) electrons. The van der Waals surface area contributed by atoms with Crippen molar-refractivity contribution >= 4 is 39.8 Å². The van der Waals surface area contributed by atoms with Gasteiger partial charge in [0.2, 0.25) is 0 Å². The average Bonchev–Trinajstić information content (AvgIpc) is 2.98. The Kier molecular flexibility index (Phi) is 13.3. The number of benzene rings is 3. The summed E-state index contributed by atoms with van der Waals surface area (Å²) in [5.41, 5.74) is 10.6. The van der Waals surface area contributed by atoms with Gasteiger partial charge in [-0.3, -0.25) is 0 Å². The van der Waals surface area contributed by atoms with Gasteiger partial charge < -0.3 is 72.2 Å². The number of hydrogen-bond donors (Lipinski definition) is 10. The van der Waals surface area contributed by atoms with Crippen molar-refractivity contribution in [2.75, 3.05) is 106 Å². The monoisotopic (exact) mass is 615 g/mol. The lowest BCUT2D eigenvalue weighted by atomic mass is 10.2. The first-order valence-corrected chi connectivity index (χ1v) is 14.5. The molecule has 0 spiro atoms. The fourth-order valence-electron chi connectivity index (χ4n) is 4.67. The van der Waals surface area contributed by atoms with Crippen LogP contribution in [0.1, 0.15) is 0 Å². The van der Waals surface area contributed by atoms with Crippen LogP contribution in [-0.4, -0.2) is 114 Å². The molecule has 3 aromatic rings. The van der Waals surface area contributed by atoms with Crippen LogP contribution in [0.5, 0.6) is 5.75 Å². The van der Waals surface area contributed by atoms with E-state index in [9.17, 15) is 15.5 Å². The molecule has 0 aromatic heterocycles. The number of hydroxylamine groups is 6. The Morgan fingerprint density at radius 1 is 0.545 bits per heavy atom. The third kappa shape index (κ3) is 10.7. The third-order valence-corrected chi connectivity index (χ3v) is 7.22. The molecule has 0 atom stereocenters. The number of anilines is 7. The lowest BCUT2D eigenvalue weighted by Crippen LogP contribution is -2.49. The van der Waals surface area contributed by atoms with Gasteiger partial charge in [-0.1, -0.05) is 0 Å². The minimum atomic E-state index is -0.672. The summed E-state index contributed by atoms with van der Waals surface area (Å²) in [6.07, 6.45) is 0. The molecule has 14 heteroatoms. The zero-order valence-corrected chi connectivity index (χ0v) is 24.8. The van der Waals surface area contributed by atoms with Gasteiger partial charge in [0.15, 0.2) is 0 Å². The van der Waals surface area contributed by atoms with E-state index < -0.39 is 9.29 Å². The fourth-order valence-corrected chi connectivity index (χ4v) is 4.67. The van der Waals surface area contributed by atoms with Crippen LogP contribution >= 0.6 is 0 Å². The number of nitrogens with zero attached hydrogens (tertiary/aromatic N) is 2. The minimum absolute atomic E-state index is 0.0256. The third-order valence-electron chi connectivity index (χ3n) is 7.22. The number of aliphatic hydroxyl groups is 4. The van der Waals surface area contributed by atoms with Gasteiger partial charge in [-0.05, 0) is 54.6 Å². The predicted molar refractivity (Wildman–Crippen MR) is 174 cm³/mol. The van der Waals surface area contributed by atoms with E-state index in [1.165, 1.54) is 6.07 Å². The SMILES string of the molecule is Nc1cc(O)c(Nc2ccc(NCC[N+]([O-])(CCO)CCO)cc2)cc1Nc1ccc(NCC[N+]([O-])(CCO)CCO)cc1. The molecule has 0 aliphatic heterocycles. The lowest BCUT2D eigenvalue weighted by molar-refractivity contribution is -0.879. The molecule has 0 bridgehead atoms. The molecule has 3 aromatic carbocycles. The van der Waals surface area contributed by atoms with Crippen LogP contribution < -0.4 is 27.0 Å². The van der Waals surface area contributed by atoms with Crippen molar-refractivity contribution in [3.63, 3.8) is 0 Å². The number of phenols is 1. The highest BCUT2D eigenvalue weighted by Crippen LogP contribution is 2.36. The molecule has 242 valence electrons. The van der Waals surface area contributed by atoms with Gasteiger partial charge in [-0.25, -0.2) is 0 Å². The molecule has 0 amide bonds. The van der Waals surface area contributed by atoms with Crippen LogP contribution in [0.15, 0.2) is 60.7 Å². The molecule has 0 saturated carbocycles. The summed E-state index contributed by atoms with van der Waals surface area (Å²) in [5, 5.41) is 85.0. The van der Waals surface area contributed by atoms with Crippen molar-refractivity contribution in [3.8, 4) is 5.75 Å². The zero-order chi connectivity index (χ0) is 32.0. The highest BCUT2D eigenvalue weighted by molar-refractivity contribution is 5.82. The molecular formula is C30H45N7O7. The maximum absolute atomic E-state index is 12.6. The van der Waals surface area contributed by atoms with E-state index in [0.717, 1.165) is 17.1 Å². The average molecular weight is 616 g/mol. The normalized spacial score (nSPS) is 11.8. The van der Waals surface area contributed by atoms with Gasteiger partial charge in [-0.15, -0.1) is 0 Å². The van der Waals surface area contributed by atoms with E-state index in [2.05, 4.69) is 21.3 Å². The van der Waals surface area contributed by atoms with Crippen LogP contribution in [0, 0.1) is 10.4 Å². The summed E-state index contributed by atoms with van der Waals surface area (Å²) in [4.78, 5) is 0. The van der Waals surface area contributed by atoms with Gasteiger partial charge in [-0.2, -0.15) is 0 Å². The van der Waals surface area contributed by atoms with Crippen molar-refractivity contribution in [1.82, 2.24) is 0 Å². The number of nitrogens with two attached hydrogens (primary N) is 1. The topological polar surface area (TPSA) is 221 Å². The van der Waals surface area contributed by atoms with Crippen molar-refractivity contribution in [2.45, 2.75) is 0 Å². The highest BCUT2D eigenvalue weighted by Gasteiger charge is 2.16. The first-order valence-electron chi connectivity index (χ1n) is 14.5. The number of rotatable bonds is 20. The minimum Gasteiger partial charge on any atom is -0.633 e. The van der Waals surface area contributed by atoms with Gasteiger partial charge in [0.25, 0.3) is 0 Å². The lowest BCUT2D eigenvalue weighted by Gasteiger charge is -2.42. The van der Waals surface area contributed by atoms with E-state index in [1.54, 1.807) is 6.07 Å². The predicted octanol–water partition coefficient (Wildman–Crippen LogP) is 1.88. The number of phenolic OH excluding ortho intramolecular Hbond substituents is 1. The maximum Gasteiger partial charge on any atom is 0.141 e. The van der Waals surface area contributed by atoms with Crippen LogP contribution in [0.3, 0.4) is 0 Å². The first-order chi connectivity index (χ1) is 21.1. The van der Waals surface area contributed by atoms with Crippen LogP contribution in [0.4, 0.5) is 39.8 Å². The second-order valence-electron chi connectivity index (χ2n) is 10.6. The molecular weight excluding hydrogens is 570 g/mol. The number of hydrogen-bond acceptors (Lipinski definition) is 12. The standard InChI is InChI=1S/C30H45N7O7/c31-27-21-30(42)29(35-26-7-3-24(4-8-26)33-10-12-37(44,15-19-40)16-20-41)22-28(27)34-25-5-1-23(2-6-25)32-9-11-36(43,13-17-38)14-18-39/h1-8,21-22,32-35,38-42H,9-20,31H2. The van der Waals surface area contributed by atoms with Crippen LogP contribution in [0.25, 0.3) is 0 Å². The van der Waals surface area contributed by atoms with E-state index in [1.807, 2.05) is 48.5 Å². The summed E-state index contributed by atoms with van der Waals surface area (Å²) in [6, 6.07) is 17.8. The molecule has 0 unspecified atom stereocenters. The second-order valence-corrected chi connectivity index (χ2v) is 10.6. The van der Waals surface area contributed by atoms with Crippen LogP contribution in [0.2, 0.25) is 0 Å². The first kappa shape index (κ1) is 34.6. The van der Waals surface area contributed by atoms with E-state index in [4.69, 9.17) is 26.2 Å². The van der Waals surface area contributed by atoms with Gasteiger partial charge in [0.1, 0.15) is 31.9 Å². The summed E-state index contributed by atoms with van der Waals surface area (Å²) in [7, 11) is 0. The molecule has 0 heterocycles. The molecule has 0 fully saturated rings. The van der Waals surface area contributed by atoms with E-state index >= 15 is 0 Å². The van der Waals surface area contributed by atoms with E-state index in [0.29, 0.717) is 35.8 Å². The Morgan fingerprint density at radius 3 is 1.30 bits per heavy atom. The second kappa shape index (κ2) is 16.8. The zero-order valence-electron chi connectivity index (χ0n) is 24.8. The largest absolute Gasteiger partial charge is 0.633 e. The Balaban J connectivity index is 1.57. The van der Waals surface area contributed by atoms with Crippen molar-refractivity contribution in [1.29, 1.82) is 0 Å². The number of quaternary nitrogens is 2. The highest BCUT2D eigenvalue weighted by atomic mass is 16.6. The molecule has 14 nitrogen and oxygen atoms in total. The number of aliphatic hydroxyl groups excluding tert-OH is 4. The van der Waals surface area contributed by atoms with Crippen molar-refractivity contribution in [3.05, 3.63) is 71.1 Å². The number of nitrogen functional groups attached to an aromatic ring is 1. The maximum atomic E-state index is 12.6. The Hall–Kier alpha value is -3.86. The summed E-state index contributed by atoms with van der Waals surface area (Å²) in [5.74, 6) is -0.0256. The van der Waals surface area contributed by atoms with Gasteiger partial charge in [0.05, 0.1) is 69.7 Å². The summed E-state index contributed by atoms with van der Waals surface area (Å²) < 4.78 is -1.34. The van der Waals surface area contributed by atoms with Crippen molar-refractivity contribution < 1.29 is 34.8 Å². The quantitative estimate of drug-likeness (QED) is 0.0289. The van der Waals surface area contributed by atoms with Crippen molar-refractivity contribution in [2.24, 2.45) is 0 Å². The summed E-state index contributed by atoms with van der Waals surface area (Å²) >= 11 is 0. The summed E-state index contributed by atoms with van der Waals surface area (Å²) in [6.45, 7) is 0.305. The molecule has 0 saturated heterocycles. The van der Waals surface area contributed by atoms with Gasteiger partial charge in [0, 0.05) is 28.8 Å². The molecule has 11 N–H and O–H groups in total. The Labute approximate surface area is 257 Å². The molecule has 3 rings (SSSR count). The molecule has 44 heavy (non-hydrogen) atoms. The smallest absolute Gasteiger partial charge is 0.141 e. The van der Waals surface area contributed by atoms with Gasteiger partial charge >= 0.3 is 0 Å².